The normalized spacial score (nSPS) is 11.7. The molecule has 12 rings (SSSR count). The van der Waals surface area contributed by atoms with Crippen LogP contribution in [0.2, 0.25) is 0 Å². The quantitative estimate of drug-likeness (QED) is 0.158. The first-order valence-corrected chi connectivity index (χ1v) is 20.4. The van der Waals surface area contributed by atoms with Gasteiger partial charge in [0.1, 0.15) is 0 Å². The van der Waals surface area contributed by atoms with Crippen molar-refractivity contribution in [2.75, 3.05) is 0 Å². The van der Waals surface area contributed by atoms with Gasteiger partial charge in [-0.2, -0.15) is 0 Å². The topological polar surface area (TPSA) is 38.7 Å². The Kier molecular flexibility index (Phi) is 7.85. The van der Waals surface area contributed by atoms with Crippen molar-refractivity contribution >= 4 is 32.3 Å². The van der Waals surface area contributed by atoms with E-state index in [1.54, 1.807) is 6.20 Å². The van der Waals surface area contributed by atoms with Crippen molar-refractivity contribution in [3.63, 3.8) is 0 Å². The first kappa shape index (κ1) is 34.1. The Balaban J connectivity index is 0.945. The summed E-state index contributed by atoms with van der Waals surface area (Å²) in [7, 11) is 0. The van der Waals surface area contributed by atoms with E-state index in [1.165, 1.54) is 71.3 Å². The van der Waals surface area contributed by atoms with Crippen LogP contribution in [0, 0.1) is 0 Å². The first-order valence-electron chi connectivity index (χ1n) is 20.4. The minimum Gasteiger partial charge on any atom is -0.264 e. The Bertz CT molecular complexity index is 3410. The van der Waals surface area contributed by atoms with Crippen molar-refractivity contribution < 1.29 is 0 Å². The monoisotopic (exact) mass is 761 g/mol. The highest BCUT2D eigenvalue weighted by molar-refractivity contribution is 6.19. The highest BCUT2D eigenvalue weighted by atomic mass is 14.9. The van der Waals surface area contributed by atoms with Crippen molar-refractivity contribution in [2.45, 2.75) is 0 Å². The maximum absolute atomic E-state index is 5.25. The molecule has 0 saturated carbocycles. The van der Waals surface area contributed by atoms with Crippen LogP contribution in [0.25, 0.3) is 122 Å². The molecule has 3 nitrogen and oxygen atoms in total. The maximum Gasteiger partial charge on any atom is 0.160 e. The zero-order valence-corrected chi connectivity index (χ0v) is 32.5. The van der Waals surface area contributed by atoms with Gasteiger partial charge in [-0.3, -0.25) is 4.98 Å². The summed E-state index contributed by atoms with van der Waals surface area (Å²) in [6, 6.07) is 71.9. The van der Waals surface area contributed by atoms with E-state index in [2.05, 4.69) is 199 Å². The number of nitrogens with zero attached hydrogens (tertiary/aromatic N) is 3. The fraction of sp³-hybridized carbons (Fsp3) is 0. The molecule has 9 aromatic carbocycles. The summed E-state index contributed by atoms with van der Waals surface area (Å²) in [4.78, 5) is 14.8. The number of pyridine rings is 1. The molecule has 0 atom stereocenters. The molecule has 0 unspecified atom stereocenters. The molecule has 0 fully saturated rings. The SMILES string of the molecule is c1cncc(-c2ccc(-c3cc(-c4ccc(-c5cc6ccccc6c6ccccc56)cc4)nc(-c4ccc(-c5ccc6c7c(cccc57)-c5ccccc5-6)cc4)n3)cc2)c1. The molecule has 1 aliphatic rings. The Hall–Kier alpha value is -8.01. The Labute approximate surface area is 348 Å². The summed E-state index contributed by atoms with van der Waals surface area (Å²) in [5.41, 5.74) is 17.0. The molecular formula is C57H35N3. The zero-order chi connectivity index (χ0) is 39.6. The average molecular weight is 762 g/mol. The number of aromatic nitrogens is 3. The fourth-order valence-corrected chi connectivity index (χ4v) is 9.21. The summed E-state index contributed by atoms with van der Waals surface area (Å²) < 4.78 is 0. The second-order valence-corrected chi connectivity index (χ2v) is 15.6. The van der Waals surface area contributed by atoms with Crippen molar-refractivity contribution in [3.8, 4) is 89.5 Å². The smallest absolute Gasteiger partial charge is 0.160 e. The van der Waals surface area contributed by atoms with E-state index in [0.717, 1.165) is 44.8 Å². The van der Waals surface area contributed by atoms with Gasteiger partial charge in [0, 0.05) is 29.1 Å². The van der Waals surface area contributed by atoms with Gasteiger partial charge in [-0.1, -0.05) is 182 Å². The van der Waals surface area contributed by atoms with Gasteiger partial charge >= 0.3 is 0 Å². The highest BCUT2D eigenvalue weighted by Crippen LogP contribution is 2.49. The third kappa shape index (κ3) is 5.63. The van der Waals surface area contributed by atoms with Crippen LogP contribution in [0.3, 0.4) is 0 Å². The predicted octanol–water partition coefficient (Wildman–Crippen LogP) is 15.0. The third-order valence-corrected chi connectivity index (χ3v) is 12.2. The lowest BCUT2D eigenvalue weighted by Crippen LogP contribution is -1.96. The molecule has 278 valence electrons. The molecule has 0 N–H and O–H groups in total. The van der Waals surface area contributed by atoms with Crippen molar-refractivity contribution in [1.29, 1.82) is 0 Å². The molecule has 0 radical (unpaired) electrons. The predicted molar refractivity (Wildman–Crippen MR) is 249 cm³/mol. The maximum atomic E-state index is 5.25. The van der Waals surface area contributed by atoms with Gasteiger partial charge in [-0.05, 0) is 106 Å². The van der Waals surface area contributed by atoms with E-state index < -0.39 is 0 Å². The molecule has 60 heavy (non-hydrogen) atoms. The van der Waals surface area contributed by atoms with Crippen molar-refractivity contribution in [3.05, 3.63) is 213 Å². The van der Waals surface area contributed by atoms with Crippen LogP contribution < -0.4 is 0 Å². The lowest BCUT2D eigenvalue weighted by molar-refractivity contribution is 1.18. The van der Waals surface area contributed by atoms with Crippen LogP contribution in [0.4, 0.5) is 0 Å². The number of benzene rings is 9. The molecule has 2 aromatic heterocycles. The lowest BCUT2D eigenvalue weighted by Gasteiger charge is -2.13. The summed E-state index contributed by atoms with van der Waals surface area (Å²) >= 11 is 0. The highest BCUT2D eigenvalue weighted by Gasteiger charge is 2.22. The third-order valence-electron chi connectivity index (χ3n) is 12.2. The zero-order valence-electron chi connectivity index (χ0n) is 32.5. The molecule has 11 aromatic rings. The van der Waals surface area contributed by atoms with Gasteiger partial charge < -0.3 is 0 Å². The van der Waals surface area contributed by atoms with Gasteiger partial charge in [0.15, 0.2) is 5.82 Å². The second kappa shape index (κ2) is 13.8. The molecular weight excluding hydrogens is 727 g/mol. The second-order valence-electron chi connectivity index (χ2n) is 15.6. The Morgan fingerprint density at radius 3 is 1.52 bits per heavy atom. The van der Waals surface area contributed by atoms with Crippen LogP contribution in [0.1, 0.15) is 0 Å². The summed E-state index contributed by atoms with van der Waals surface area (Å²) in [5.74, 6) is 0.686. The number of hydrogen-bond donors (Lipinski definition) is 0. The van der Waals surface area contributed by atoms with Crippen LogP contribution >= 0.6 is 0 Å². The molecule has 0 bridgehead atoms. The fourth-order valence-electron chi connectivity index (χ4n) is 9.21. The van der Waals surface area contributed by atoms with Crippen LogP contribution in [-0.4, -0.2) is 15.0 Å². The molecule has 0 aliphatic heterocycles. The minimum atomic E-state index is 0.686. The molecule has 0 spiro atoms. The van der Waals surface area contributed by atoms with Crippen LogP contribution in [0.5, 0.6) is 0 Å². The van der Waals surface area contributed by atoms with E-state index >= 15 is 0 Å². The van der Waals surface area contributed by atoms with Gasteiger partial charge in [-0.25, -0.2) is 9.97 Å². The largest absolute Gasteiger partial charge is 0.264 e. The van der Waals surface area contributed by atoms with E-state index in [-0.39, 0.29) is 0 Å². The standard InChI is InChI=1S/C57H35N3/c1-2-11-44-42(9-1)33-53(49-15-6-3-12-46(44)49)38-20-26-40(27-21-38)55-34-54(39-24-18-36(19-25-39)43-10-8-32-58-35-43)59-57(60-55)41-28-22-37(23-29-41)45-30-31-52-48-14-5-4-13-47(48)51-17-7-16-50(45)56(51)52/h1-35H. The first-order chi connectivity index (χ1) is 29.7. The summed E-state index contributed by atoms with van der Waals surface area (Å²) in [6.45, 7) is 0. The molecule has 2 heterocycles. The summed E-state index contributed by atoms with van der Waals surface area (Å²) in [5, 5.41) is 7.61. The molecule has 1 aliphatic carbocycles. The van der Waals surface area contributed by atoms with E-state index in [9.17, 15) is 0 Å². The molecule has 0 saturated heterocycles. The van der Waals surface area contributed by atoms with Crippen LogP contribution in [0.15, 0.2) is 213 Å². The average Bonchev–Trinajstić information content (AvgIpc) is 3.66. The molecule has 3 heteroatoms. The van der Waals surface area contributed by atoms with Gasteiger partial charge in [0.2, 0.25) is 0 Å². The number of fused-ring (bicyclic) bond motifs is 6. The summed E-state index contributed by atoms with van der Waals surface area (Å²) in [6.07, 6.45) is 3.70. The Morgan fingerprint density at radius 2 is 0.817 bits per heavy atom. The van der Waals surface area contributed by atoms with Crippen molar-refractivity contribution in [1.82, 2.24) is 15.0 Å². The number of rotatable bonds is 6. The van der Waals surface area contributed by atoms with Gasteiger partial charge in [0.25, 0.3) is 0 Å². The van der Waals surface area contributed by atoms with Gasteiger partial charge in [-0.15, -0.1) is 0 Å². The van der Waals surface area contributed by atoms with Gasteiger partial charge in [0.05, 0.1) is 11.4 Å². The lowest BCUT2D eigenvalue weighted by atomic mass is 9.92. The number of hydrogen-bond acceptors (Lipinski definition) is 3. The minimum absolute atomic E-state index is 0.686. The molecule has 0 amide bonds. The van der Waals surface area contributed by atoms with Crippen molar-refractivity contribution in [2.24, 2.45) is 0 Å². The van der Waals surface area contributed by atoms with E-state index in [0.29, 0.717) is 5.82 Å². The van der Waals surface area contributed by atoms with Crippen LogP contribution in [-0.2, 0) is 0 Å². The van der Waals surface area contributed by atoms with E-state index in [1.807, 2.05) is 12.3 Å². The van der Waals surface area contributed by atoms with E-state index in [4.69, 9.17) is 9.97 Å². The Morgan fingerprint density at radius 1 is 0.283 bits per heavy atom.